The molecule has 0 fully saturated rings. The predicted molar refractivity (Wildman–Crippen MR) is 54.5 cm³/mol. The molecule has 1 N–H and O–H groups in total. The lowest BCUT2D eigenvalue weighted by molar-refractivity contribution is -0.137. The SMILES string of the molecule is OCc1ccccc1-n1cc(C(F)(F)F)cn1. The fourth-order valence-electron chi connectivity index (χ4n) is 1.47. The monoisotopic (exact) mass is 242 g/mol. The van der Waals surface area contributed by atoms with Crippen LogP contribution >= 0.6 is 0 Å². The maximum Gasteiger partial charge on any atom is 0.419 e. The van der Waals surface area contributed by atoms with Crippen LogP contribution in [-0.4, -0.2) is 14.9 Å². The first-order chi connectivity index (χ1) is 8.02. The molecule has 0 spiro atoms. The fraction of sp³-hybridized carbons (Fsp3) is 0.182. The van der Waals surface area contributed by atoms with E-state index in [4.69, 9.17) is 5.11 Å². The molecule has 2 rings (SSSR count). The number of nitrogens with zero attached hydrogens (tertiary/aromatic N) is 2. The molecule has 1 aromatic carbocycles. The first-order valence-corrected chi connectivity index (χ1v) is 4.83. The molecule has 6 heteroatoms. The van der Waals surface area contributed by atoms with E-state index in [2.05, 4.69) is 5.10 Å². The highest BCUT2D eigenvalue weighted by Gasteiger charge is 2.32. The summed E-state index contributed by atoms with van der Waals surface area (Å²) in [5.74, 6) is 0. The van der Waals surface area contributed by atoms with Gasteiger partial charge in [-0.05, 0) is 6.07 Å². The highest BCUT2D eigenvalue weighted by Crippen LogP contribution is 2.29. The summed E-state index contributed by atoms with van der Waals surface area (Å²) in [6.07, 6.45) is -2.75. The Morgan fingerprint density at radius 1 is 1.24 bits per heavy atom. The van der Waals surface area contributed by atoms with E-state index < -0.39 is 11.7 Å². The third-order valence-corrected chi connectivity index (χ3v) is 2.32. The van der Waals surface area contributed by atoms with Crippen molar-refractivity contribution in [3.63, 3.8) is 0 Å². The molecule has 2 aromatic rings. The zero-order chi connectivity index (χ0) is 12.5. The van der Waals surface area contributed by atoms with E-state index in [0.29, 0.717) is 11.3 Å². The lowest BCUT2D eigenvalue weighted by Crippen LogP contribution is -2.03. The number of halogens is 3. The van der Waals surface area contributed by atoms with E-state index in [0.717, 1.165) is 17.1 Å². The fourth-order valence-corrected chi connectivity index (χ4v) is 1.47. The van der Waals surface area contributed by atoms with Crippen LogP contribution in [0.1, 0.15) is 11.1 Å². The van der Waals surface area contributed by atoms with Crippen LogP contribution in [-0.2, 0) is 12.8 Å². The highest BCUT2D eigenvalue weighted by atomic mass is 19.4. The third kappa shape index (κ3) is 2.31. The van der Waals surface area contributed by atoms with Gasteiger partial charge in [-0.1, -0.05) is 18.2 Å². The van der Waals surface area contributed by atoms with Crippen LogP contribution < -0.4 is 0 Å². The van der Waals surface area contributed by atoms with Crippen molar-refractivity contribution in [3.05, 3.63) is 47.8 Å². The minimum Gasteiger partial charge on any atom is -0.392 e. The van der Waals surface area contributed by atoms with Crippen LogP contribution in [0.25, 0.3) is 5.69 Å². The van der Waals surface area contributed by atoms with Crippen molar-refractivity contribution in [2.75, 3.05) is 0 Å². The molecule has 0 unspecified atom stereocenters. The first-order valence-electron chi connectivity index (χ1n) is 4.83. The Labute approximate surface area is 95.1 Å². The number of aromatic nitrogens is 2. The molecule has 17 heavy (non-hydrogen) atoms. The maximum absolute atomic E-state index is 12.4. The van der Waals surface area contributed by atoms with Crippen LogP contribution in [0, 0.1) is 0 Å². The van der Waals surface area contributed by atoms with Gasteiger partial charge in [-0.2, -0.15) is 18.3 Å². The van der Waals surface area contributed by atoms with Gasteiger partial charge in [0.1, 0.15) is 0 Å². The summed E-state index contributed by atoms with van der Waals surface area (Å²) in [7, 11) is 0. The number of alkyl halides is 3. The van der Waals surface area contributed by atoms with Gasteiger partial charge in [-0.25, -0.2) is 4.68 Å². The summed E-state index contributed by atoms with van der Waals surface area (Å²) in [6.45, 7) is -0.253. The maximum atomic E-state index is 12.4. The molecule has 0 bridgehead atoms. The molecule has 0 amide bonds. The molecule has 0 aliphatic carbocycles. The molecule has 0 aliphatic rings. The standard InChI is InChI=1S/C11H9F3N2O/c12-11(13,14)9-5-15-16(6-9)10-4-2-1-3-8(10)7-17/h1-6,17H,7H2. The molecular weight excluding hydrogens is 233 g/mol. The van der Waals surface area contributed by atoms with Gasteiger partial charge in [-0.15, -0.1) is 0 Å². The van der Waals surface area contributed by atoms with Gasteiger partial charge in [-0.3, -0.25) is 0 Å². The number of aliphatic hydroxyl groups excluding tert-OH is 1. The summed E-state index contributed by atoms with van der Waals surface area (Å²) in [4.78, 5) is 0. The molecule has 0 atom stereocenters. The van der Waals surface area contributed by atoms with Crippen molar-refractivity contribution < 1.29 is 18.3 Å². The van der Waals surface area contributed by atoms with Crippen molar-refractivity contribution in [1.82, 2.24) is 9.78 Å². The first kappa shape index (κ1) is 11.7. The molecule has 1 aromatic heterocycles. The van der Waals surface area contributed by atoms with E-state index in [1.54, 1.807) is 24.3 Å². The van der Waals surface area contributed by atoms with E-state index in [1.165, 1.54) is 0 Å². The Hall–Kier alpha value is -1.82. The van der Waals surface area contributed by atoms with E-state index >= 15 is 0 Å². The topological polar surface area (TPSA) is 38.0 Å². The Kier molecular flexibility index (Phi) is 2.89. The summed E-state index contributed by atoms with van der Waals surface area (Å²) in [5, 5.41) is 12.7. The average molecular weight is 242 g/mol. The zero-order valence-corrected chi connectivity index (χ0v) is 8.65. The normalized spacial score (nSPS) is 11.8. The summed E-state index contributed by atoms with van der Waals surface area (Å²) >= 11 is 0. The molecule has 0 saturated heterocycles. The second kappa shape index (κ2) is 4.21. The van der Waals surface area contributed by atoms with Crippen LogP contribution in [0.5, 0.6) is 0 Å². The van der Waals surface area contributed by atoms with Crippen LogP contribution in [0.3, 0.4) is 0 Å². The summed E-state index contributed by atoms with van der Waals surface area (Å²) in [6, 6.07) is 6.59. The quantitative estimate of drug-likeness (QED) is 0.878. The third-order valence-electron chi connectivity index (χ3n) is 2.32. The second-order valence-corrected chi connectivity index (χ2v) is 3.46. The highest BCUT2D eigenvalue weighted by molar-refractivity contribution is 5.40. The second-order valence-electron chi connectivity index (χ2n) is 3.46. The van der Waals surface area contributed by atoms with Gasteiger partial charge in [0.15, 0.2) is 0 Å². The molecule has 0 saturated carbocycles. The number of aliphatic hydroxyl groups is 1. The van der Waals surface area contributed by atoms with Crippen LogP contribution in [0.2, 0.25) is 0 Å². The van der Waals surface area contributed by atoms with Crippen LogP contribution in [0.4, 0.5) is 13.2 Å². The predicted octanol–water partition coefficient (Wildman–Crippen LogP) is 2.38. The molecule has 1 heterocycles. The Balaban J connectivity index is 2.44. The number of hydrogen-bond donors (Lipinski definition) is 1. The summed E-state index contributed by atoms with van der Waals surface area (Å²) < 4.78 is 38.3. The van der Waals surface area contributed by atoms with E-state index in [-0.39, 0.29) is 6.61 Å². The average Bonchev–Trinajstić information content (AvgIpc) is 2.77. The number of hydrogen-bond acceptors (Lipinski definition) is 2. The number of benzene rings is 1. The largest absolute Gasteiger partial charge is 0.419 e. The van der Waals surface area contributed by atoms with Gasteiger partial charge < -0.3 is 5.11 Å². The van der Waals surface area contributed by atoms with Crippen molar-refractivity contribution in [2.24, 2.45) is 0 Å². The lowest BCUT2D eigenvalue weighted by Gasteiger charge is -2.06. The Morgan fingerprint density at radius 3 is 2.53 bits per heavy atom. The van der Waals surface area contributed by atoms with Gasteiger partial charge in [0.2, 0.25) is 0 Å². The smallest absolute Gasteiger partial charge is 0.392 e. The van der Waals surface area contributed by atoms with Crippen LogP contribution in [0.15, 0.2) is 36.7 Å². The Bertz CT molecular complexity index is 519. The van der Waals surface area contributed by atoms with Gasteiger partial charge in [0.05, 0.1) is 24.1 Å². The van der Waals surface area contributed by atoms with E-state index in [1.807, 2.05) is 0 Å². The van der Waals surface area contributed by atoms with Crippen molar-refractivity contribution in [1.29, 1.82) is 0 Å². The molecular formula is C11H9F3N2O. The minimum absolute atomic E-state index is 0.253. The number of rotatable bonds is 2. The molecule has 0 radical (unpaired) electrons. The molecule has 0 aliphatic heterocycles. The van der Waals surface area contributed by atoms with Crippen molar-refractivity contribution in [2.45, 2.75) is 12.8 Å². The summed E-state index contributed by atoms with van der Waals surface area (Å²) in [5.41, 5.74) is 0.139. The number of para-hydroxylation sites is 1. The Morgan fingerprint density at radius 2 is 1.94 bits per heavy atom. The zero-order valence-electron chi connectivity index (χ0n) is 8.65. The van der Waals surface area contributed by atoms with Crippen molar-refractivity contribution >= 4 is 0 Å². The van der Waals surface area contributed by atoms with Gasteiger partial charge >= 0.3 is 6.18 Å². The van der Waals surface area contributed by atoms with Gasteiger partial charge in [0, 0.05) is 11.8 Å². The molecule has 3 nitrogen and oxygen atoms in total. The van der Waals surface area contributed by atoms with E-state index in [9.17, 15) is 13.2 Å². The van der Waals surface area contributed by atoms with Crippen molar-refractivity contribution in [3.8, 4) is 5.69 Å². The molecule has 90 valence electrons. The lowest BCUT2D eigenvalue weighted by atomic mass is 10.2. The van der Waals surface area contributed by atoms with Gasteiger partial charge in [0.25, 0.3) is 0 Å². The minimum atomic E-state index is -4.41.